The summed E-state index contributed by atoms with van der Waals surface area (Å²) in [7, 11) is 0. The molecule has 0 saturated carbocycles. The van der Waals surface area contributed by atoms with Crippen molar-refractivity contribution in [1.29, 1.82) is 0 Å². The summed E-state index contributed by atoms with van der Waals surface area (Å²) in [4.78, 5) is 35.3. The second kappa shape index (κ2) is 6.23. The minimum atomic E-state index is -0.962. The summed E-state index contributed by atoms with van der Waals surface area (Å²) < 4.78 is 0. The number of rotatable bonds is 3. The van der Waals surface area contributed by atoms with Gasteiger partial charge in [-0.15, -0.1) is 0 Å². The number of urea groups is 1. The van der Waals surface area contributed by atoms with Crippen LogP contribution in [-0.2, 0) is 9.59 Å². The van der Waals surface area contributed by atoms with Gasteiger partial charge in [-0.25, -0.2) is 4.79 Å². The molecule has 3 N–H and O–H groups in total. The Balaban J connectivity index is 2.53. The van der Waals surface area contributed by atoms with Crippen molar-refractivity contribution in [2.45, 2.75) is 26.3 Å². The Morgan fingerprint density at radius 1 is 1.44 bits per heavy atom. The van der Waals surface area contributed by atoms with Crippen LogP contribution >= 0.6 is 0 Å². The molecule has 0 radical (unpaired) electrons. The van der Waals surface area contributed by atoms with Gasteiger partial charge < -0.3 is 20.6 Å². The molecule has 102 valence electrons. The zero-order chi connectivity index (χ0) is 13.7. The van der Waals surface area contributed by atoms with E-state index in [1.807, 2.05) is 0 Å². The molecule has 3 amide bonds. The van der Waals surface area contributed by atoms with Crippen molar-refractivity contribution < 1.29 is 19.5 Å². The van der Waals surface area contributed by atoms with E-state index < -0.39 is 24.0 Å². The Bertz CT molecular complexity index is 345. The van der Waals surface area contributed by atoms with Crippen LogP contribution in [0.15, 0.2) is 0 Å². The monoisotopic (exact) mass is 257 g/mol. The minimum absolute atomic E-state index is 0.0139. The van der Waals surface area contributed by atoms with Crippen LogP contribution in [0.5, 0.6) is 0 Å². The van der Waals surface area contributed by atoms with E-state index in [9.17, 15) is 14.4 Å². The highest BCUT2D eigenvalue weighted by Crippen LogP contribution is 2.04. The van der Waals surface area contributed by atoms with Crippen LogP contribution in [0, 0.1) is 5.92 Å². The molecule has 1 aliphatic heterocycles. The van der Waals surface area contributed by atoms with Gasteiger partial charge in [0.25, 0.3) is 0 Å². The molecule has 2 atom stereocenters. The molecule has 0 aromatic heterocycles. The van der Waals surface area contributed by atoms with E-state index in [0.717, 1.165) is 0 Å². The fraction of sp³-hybridized carbons (Fsp3) is 0.727. The third-order valence-electron chi connectivity index (χ3n) is 3.04. The Labute approximate surface area is 106 Å². The predicted octanol–water partition coefficient (Wildman–Crippen LogP) is -0.373. The zero-order valence-electron chi connectivity index (χ0n) is 10.6. The Morgan fingerprint density at radius 3 is 2.72 bits per heavy atom. The molecule has 0 bridgehead atoms. The zero-order valence-corrected chi connectivity index (χ0v) is 10.6. The third-order valence-corrected chi connectivity index (χ3v) is 3.04. The first-order valence-electron chi connectivity index (χ1n) is 5.96. The largest absolute Gasteiger partial charge is 0.481 e. The molecule has 7 heteroatoms. The topological polar surface area (TPSA) is 98.7 Å². The molecule has 0 aliphatic carbocycles. The normalized spacial score (nSPS) is 19.4. The summed E-state index contributed by atoms with van der Waals surface area (Å²) in [5.41, 5.74) is 0. The molecule has 2 unspecified atom stereocenters. The van der Waals surface area contributed by atoms with Gasteiger partial charge in [0.1, 0.15) is 6.54 Å². The molecule has 7 nitrogen and oxygen atoms in total. The number of hydrogen-bond donors (Lipinski definition) is 3. The lowest BCUT2D eigenvalue weighted by molar-refractivity contribution is -0.141. The molecule has 1 heterocycles. The van der Waals surface area contributed by atoms with Crippen molar-refractivity contribution in [3.63, 3.8) is 0 Å². The van der Waals surface area contributed by atoms with Crippen LogP contribution in [0.2, 0.25) is 0 Å². The van der Waals surface area contributed by atoms with Gasteiger partial charge in [-0.2, -0.15) is 0 Å². The maximum atomic E-state index is 11.9. The number of amides is 3. The second-order valence-corrected chi connectivity index (χ2v) is 4.49. The molecule has 18 heavy (non-hydrogen) atoms. The number of nitrogens with zero attached hydrogens (tertiary/aromatic N) is 1. The quantitative estimate of drug-likeness (QED) is 0.642. The molecule has 0 aromatic carbocycles. The smallest absolute Gasteiger partial charge is 0.318 e. The first-order valence-corrected chi connectivity index (χ1v) is 5.96. The molecule has 1 saturated heterocycles. The lowest BCUT2D eigenvalue weighted by atomic mass is 10.0. The Hall–Kier alpha value is -1.79. The number of carbonyl (C=O) groups excluding carboxylic acids is 2. The average Bonchev–Trinajstić information content (AvgIpc) is 2.52. The molecular weight excluding hydrogens is 238 g/mol. The summed E-state index contributed by atoms with van der Waals surface area (Å²) in [6, 6.07) is -0.881. The van der Waals surface area contributed by atoms with Crippen molar-refractivity contribution in [3.05, 3.63) is 0 Å². The van der Waals surface area contributed by atoms with E-state index >= 15 is 0 Å². The number of aliphatic carboxylic acids is 1. The van der Waals surface area contributed by atoms with Crippen LogP contribution in [0.25, 0.3) is 0 Å². The van der Waals surface area contributed by atoms with Gasteiger partial charge in [-0.05, 0) is 20.3 Å². The van der Waals surface area contributed by atoms with Gasteiger partial charge in [-0.1, -0.05) is 0 Å². The van der Waals surface area contributed by atoms with Crippen LogP contribution in [0.3, 0.4) is 0 Å². The van der Waals surface area contributed by atoms with E-state index in [4.69, 9.17) is 5.11 Å². The van der Waals surface area contributed by atoms with Gasteiger partial charge in [0, 0.05) is 19.1 Å². The fourth-order valence-electron chi connectivity index (χ4n) is 1.60. The number of hydrogen-bond acceptors (Lipinski definition) is 3. The molecule has 0 aromatic rings. The van der Waals surface area contributed by atoms with E-state index in [0.29, 0.717) is 19.5 Å². The minimum Gasteiger partial charge on any atom is -0.481 e. The van der Waals surface area contributed by atoms with Crippen LogP contribution in [0.1, 0.15) is 20.3 Å². The number of carboxylic acid groups (broad SMARTS) is 1. The van der Waals surface area contributed by atoms with Crippen molar-refractivity contribution in [1.82, 2.24) is 15.5 Å². The van der Waals surface area contributed by atoms with E-state index in [2.05, 4.69) is 10.6 Å². The summed E-state index contributed by atoms with van der Waals surface area (Å²) in [5, 5.41) is 14.1. The third kappa shape index (κ3) is 3.90. The summed E-state index contributed by atoms with van der Waals surface area (Å²) in [6.45, 7) is 4.22. The lowest BCUT2D eigenvalue weighted by Gasteiger charge is -2.24. The van der Waals surface area contributed by atoms with E-state index in [-0.39, 0.29) is 12.5 Å². The number of carbonyl (C=O) groups is 3. The highest BCUT2D eigenvalue weighted by molar-refractivity contribution is 5.84. The highest BCUT2D eigenvalue weighted by Gasteiger charge is 2.25. The first kappa shape index (κ1) is 14.3. The average molecular weight is 257 g/mol. The predicted molar refractivity (Wildman–Crippen MR) is 64.0 cm³/mol. The maximum absolute atomic E-state index is 11.9. The van der Waals surface area contributed by atoms with Crippen LogP contribution in [-0.4, -0.2) is 53.6 Å². The van der Waals surface area contributed by atoms with Crippen molar-refractivity contribution in [2.24, 2.45) is 5.92 Å². The lowest BCUT2D eigenvalue weighted by Crippen LogP contribution is -2.49. The SMILES string of the molecule is CC(NC(=O)N1CCCNC(=O)C1)C(C)C(=O)O. The molecule has 1 fully saturated rings. The Morgan fingerprint density at radius 2 is 2.11 bits per heavy atom. The standard InChI is InChI=1S/C11H19N3O4/c1-7(10(16)17)8(2)13-11(18)14-5-3-4-12-9(15)6-14/h7-8H,3-6H2,1-2H3,(H,12,15)(H,13,18)(H,16,17). The van der Waals surface area contributed by atoms with Crippen molar-refractivity contribution in [3.8, 4) is 0 Å². The molecule has 1 rings (SSSR count). The van der Waals surface area contributed by atoms with Gasteiger partial charge >= 0.3 is 12.0 Å². The molecule has 0 spiro atoms. The van der Waals surface area contributed by atoms with Crippen molar-refractivity contribution in [2.75, 3.05) is 19.6 Å². The summed E-state index contributed by atoms with van der Waals surface area (Å²) >= 11 is 0. The van der Waals surface area contributed by atoms with Gasteiger partial charge in [0.15, 0.2) is 0 Å². The molecule has 1 aliphatic rings. The number of carboxylic acids is 1. The fourth-order valence-corrected chi connectivity index (χ4v) is 1.60. The van der Waals surface area contributed by atoms with Gasteiger partial charge in [-0.3, -0.25) is 9.59 Å². The summed E-state index contributed by atoms with van der Waals surface area (Å²) in [6.07, 6.45) is 0.696. The van der Waals surface area contributed by atoms with Crippen LogP contribution < -0.4 is 10.6 Å². The van der Waals surface area contributed by atoms with Gasteiger partial charge in [0.05, 0.1) is 5.92 Å². The maximum Gasteiger partial charge on any atom is 0.318 e. The highest BCUT2D eigenvalue weighted by atomic mass is 16.4. The Kier molecular flexibility index (Phi) is 4.94. The van der Waals surface area contributed by atoms with Crippen LogP contribution in [0.4, 0.5) is 4.79 Å². The van der Waals surface area contributed by atoms with E-state index in [1.165, 1.54) is 11.8 Å². The van der Waals surface area contributed by atoms with Crippen molar-refractivity contribution >= 4 is 17.9 Å². The first-order chi connectivity index (χ1) is 8.41. The van der Waals surface area contributed by atoms with E-state index in [1.54, 1.807) is 6.92 Å². The number of nitrogens with one attached hydrogen (secondary N) is 2. The molecular formula is C11H19N3O4. The van der Waals surface area contributed by atoms with Gasteiger partial charge in [0.2, 0.25) is 5.91 Å². The second-order valence-electron chi connectivity index (χ2n) is 4.49. The summed E-state index contributed by atoms with van der Waals surface area (Å²) in [5.74, 6) is -1.83.